The highest BCUT2D eigenvalue weighted by Gasteiger charge is 2.44. The molecule has 1 saturated heterocycles. The molecular weight excluding hydrogens is 312 g/mol. The molecule has 2 atom stereocenters. The molecule has 0 radical (unpaired) electrons. The van der Waals surface area contributed by atoms with Crippen LogP contribution < -0.4 is 0 Å². The highest BCUT2D eigenvalue weighted by atomic mass is 16.4. The number of fused-ring (bicyclic) bond motifs is 1. The topological polar surface area (TPSA) is 95.0 Å². The van der Waals surface area contributed by atoms with Crippen LogP contribution in [0.4, 0.5) is 0 Å². The summed E-state index contributed by atoms with van der Waals surface area (Å²) in [5.41, 5.74) is 1.42. The van der Waals surface area contributed by atoms with Gasteiger partial charge in [0.1, 0.15) is 12.1 Å². The lowest BCUT2D eigenvalue weighted by molar-refractivity contribution is -0.149. The first-order chi connectivity index (χ1) is 11.3. The lowest BCUT2D eigenvalue weighted by Crippen LogP contribution is -2.52. The predicted octanol–water partition coefficient (Wildman–Crippen LogP) is 1.06. The molecule has 0 aliphatic carbocycles. The molecule has 1 aromatic rings. The lowest BCUT2D eigenvalue weighted by Gasteiger charge is -2.28. The number of carbonyl (C=O) groups is 4. The Morgan fingerprint density at radius 2 is 1.88 bits per heavy atom. The van der Waals surface area contributed by atoms with E-state index in [0.29, 0.717) is 19.4 Å². The molecule has 0 saturated carbocycles. The van der Waals surface area contributed by atoms with Gasteiger partial charge in [0.15, 0.2) is 0 Å². The number of amides is 3. The third-order valence-corrected chi connectivity index (χ3v) is 4.64. The first-order valence-electron chi connectivity index (χ1n) is 7.84. The molecule has 2 aliphatic rings. The second-order valence-corrected chi connectivity index (χ2v) is 6.23. The van der Waals surface area contributed by atoms with E-state index in [9.17, 15) is 24.3 Å². The molecule has 1 aromatic carbocycles. The van der Waals surface area contributed by atoms with Crippen molar-refractivity contribution >= 4 is 23.7 Å². The standard InChI is InChI=1S/C17H18N2O5/c1-9-5-6-11-12(8-9)16(22)19(15(11)21)10(2)14(20)18-7-3-4-13(18)17(23)24/h5-6,8,10,13H,3-4,7H2,1-2H3,(H,23,24)/t10?,13-/m0/s1. The number of carboxylic acid groups (broad SMARTS) is 1. The molecule has 7 nitrogen and oxygen atoms in total. The van der Waals surface area contributed by atoms with Gasteiger partial charge in [-0.25, -0.2) is 4.79 Å². The molecule has 2 heterocycles. The summed E-state index contributed by atoms with van der Waals surface area (Å²) in [6.07, 6.45) is 0.978. The number of aliphatic carboxylic acids is 1. The van der Waals surface area contributed by atoms with Crippen molar-refractivity contribution < 1.29 is 24.3 Å². The number of hydrogen-bond acceptors (Lipinski definition) is 4. The van der Waals surface area contributed by atoms with E-state index in [0.717, 1.165) is 10.5 Å². The molecule has 3 rings (SSSR count). The molecule has 24 heavy (non-hydrogen) atoms. The van der Waals surface area contributed by atoms with Gasteiger partial charge in [0, 0.05) is 6.54 Å². The summed E-state index contributed by atoms with van der Waals surface area (Å²) in [6.45, 7) is 3.60. The van der Waals surface area contributed by atoms with Gasteiger partial charge in [-0.1, -0.05) is 11.6 Å². The quantitative estimate of drug-likeness (QED) is 0.836. The number of carboxylic acids is 1. The van der Waals surface area contributed by atoms with Crippen LogP contribution in [-0.4, -0.2) is 57.2 Å². The Labute approximate surface area is 138 Å². The second kappa shape index (κ2) is 5.74. The van der Waals surface area contributed by atoms with Crippen molar-refractivity contribution in [3.8, 4) is 0 Å². The maximum absolute atomic E-state index is 12.7. The van der Waals surface area contributed by atoms with E-state index in [2.05, 4.69) is 0 Å². The van der Waals surface area contributed by atoms with Gasteiger partial charge in [-0.2, -0.15) is 0 Å². The number of nitrogens with zero attached hydrogens (tertiary/aromatic N) is 2. The molecule has 2 aliphatic heterocycles. The van der Waals surface area contributed by atoms with E-state index in [1.54, 1.807) is 18.2 Å². The van der Waals surface area contributed by atoms with Crippen molar-refractivity contribution in [1.29, 1.82) is 0 Å². The van der Waals surface area contributed by atoms with Gasteiger partial charge in [0.05, 0.1) is 11.1 Å². The fraction of sp³-hybridized carbons (Fsp3) is 0.412. The fourth-order valence-corrected chi connectivity index (χ4v) is 3.36. The lowest BCUT2D eigenvalue weighted by atomic mass is 10.1. The summed E-state index contributed by atoms with van der Waals surface area (Å²) in [5.74, 6) is -2.59. The monoisotopic (exact) mass is 330 g/mol. The predicted molar refractivity (Wildman–Crippen MR) is 83.5 cm³/mol. The Bertz CT molecular complexity index is 757. The average Bonchev–Trinajstić information content (AvgIpc) is 3.11. The van der Waals surface area contributed by atoms with Crippen molar-refractivity contribution in [3.63, 3.8) is 0 Å². The van der Waals surface area contributed by atoms with Gasteiger partial charge < -0.3 is 10.0 Å². The van der Waals surface area contributed by atoms with E-state index in [-0.39, 0.29) is 11.1 Å². The van der Waals surface area contributed by atoms with Crippen LogP contribution in [-0.2, 0) is 9.59 Å². The normalized spacial score (nSPS) is 21.2. The van der Waals surface area contributed by atoms with Crippen LogP contribution in [0.15, 0.2) is 18.2 Å². The van der Waals surface area contributed by atoms with E-state index in [1.807, 2.05) is 6.92 Å². The minimum absolute atomic E-state index is 0.279. The van der Waals surface area contributed by atoms with Crippen LogP contribution in [0, 0.1) is 6.92 Å². The molecule has 7 heteroatoms. The number of likely N-dealkylation sites (tertiary alicyclic amines) is 1. The van der Waals surface area contributed by atoms with Crippen molar-refractivity contribution in [2.45, 2.75) is 38.8 Å². The maximum Gasteiger partial charge on any atom is 0.326 e. The van der Waals surface area contributed by atoms with Gasteiger partial charge in [-0.15, -0.1) is 0 Å². The van der Waals surface area contributed by atoms with Crippen molar-refractivity contribution in [2.75, 3.05) is 6.54 Å². The molecule has 0 bridgehead atoms. The number of aryl methyl sites for hydroxylation is 1. The summed E-state index contributed by atoms with van der Waals surface area (Å²) in [6, 6.07) is 3.02. The Balaban J connectivity index is 1.87. The van der Waals surface area contributed by atoms with Gasteiger partial charge in [-0.3, -0.25) is 19.3 Å². The molecular formula is C17H18N2O5. The number of hydrogen-bond donors (Lipinski definition) is 1. The molecule has 0 aromatic heterocycles. The fourth-order valence-electron chi connectivity index (χ4n) is 3.36. The third kappa shape index (κ3) is 2.36. The highest BCUT2D eigenvalue weighted by Crippen LogP contribution is 2.27. The Morgan fingerprint density at radius 3 is 2.54 bits per heavy atom. The van der Waals surface area contributed by atoms with Crippen molar-refractivity contribution in [2.24, 2.45) is 0 Å². The zero-order chi connectivity index (χ0) is 17.6. The number of imide groups is 1. The average molecular weight is 330 g/mol. The summed E-state index contributed by atoms with van der Waals surface area (Å²) >= 11 is 0. The van der Waals surface area contributed by atoms with Crippen LogP contribution in [0.3, 0.4) is 0 Å². The number of benzene rings is 1. The minimum atomic E-state index is -1.06. The maximum atomic E-state index is 12.7. The van der Waals surface area contributed by atoms with Crippen LogP contribution in [0.25, 0.3) is 0 Å². The number of rotatable bonds is 3. The Kier molecular flexibility index (Phi) is 3.87. The smallest absolute Gasteiger partial charge is 0.326 e. The first-order valence-corrected chi connectivity index (χ1v) is 7.84. The zero-order valence-corrected chi connectivity index (χ0v) is 13.5. The van der Waals surface area contributed by atoms with E-state index in [4.69, 9.17) is 0 Å². The summed E-state index contributed by atoms with van der Waals surface area (Å²) in [7, 11) is 0. The zero-order valence-electron chi connectivity index (χ0n) is 13.5. The molecule has 3 amide bonds. The Morgan fingerprint density at radius 1 is 1.21 bits per heavy atom. The molecule has 1 N–H and O–H groups in total. The highest BCUT2D eigenvalue weighted by molar-refractivity contribution is 6.23. The summed E-state index contributed by atoms with van der Waals surface area (Å²) < 4.78 is 0. The molecule has 1 fully saturated rings. The SMILES string of the molecule is Cc1ccc2c(c1)C(=O)N(C(C)C(=O)N1CCC[C@H]1C(=O)O)C2=O. The number of carbonyl (C=O) groups excluding carboxylic acids is 3. The largest absolute Gasteiger partial charge is 0.480 e. The van der Waals surface area contributed by atoms with Crippen LogP contribution >= 0.6 is 0 Å². The van der Waals surface area contributed by atoms with E-state index in [1.165, 1.54) is 11.8 Å². The molecule has 1 unspecified atom stereocenters. The van der Waals surface area contributed by atoms with E-state index < -0.39 is 35.8 Å². The van der Waals surface area contributed by atoms with Crippen molar-refractivity contribution in [1.82, 2.24) is 9.80 Å². The van der Waals surface area contributed by atoms with Gasteiger partial charge in [-0.05, 0) is 38.8 Å². The summed E-state index contributed by atoms with van der Waals surface area (Å²) in [4.78, 5) is 51.2. The molecule has 0 spiro atoms. The third-order valence-electron chi connectivity index (χ3n) is 4.64. The van der Waals surface area contributed by atoms with Gasteiger partial charge >= 0.3 is 5.97 Å². The second-order valence-electron chi connectivity index (χ2n) is 6.23. The van der Waals surface area contributed by atoms with Gasteiger partial charge in [0.2, 0.25) is 5.91 Å². The van der Waals surface area contributed by atoms with Gasteiger partial charge in [0.25, 0.3) is 11.8 Å². The minimum Gasteiger partial charge on any atom is -0.480 e. The van der Waals surface area contributed by atoms with Crippen molar-refractivity contribution in [3.05, 3.63) is 34.9 Å². The first kappa shape index (κ1) is 16.2. The van der Waals surface area contributed by atoms with E-state index >= 15 is 0 Å². The molecule has 126 valence electrons. The van der Waals surface area contributed by atoms with Crippen LogP contribution in [0.1, 0.15) is 46.0 Å². The van der Waals surface area contributed by atoms with Crippen LogP contribution in [0.5, 0.6) is 0 Å². The van der Waals surface area contributed by atoms with Crippen LogP contribution in [0.2, 0.25) is 0 Å². The summed E-state index contributed by atoms with van der Waals surface area (Å²) in [5, 5.41) is 9.21. The Hall–Kier alpha value is -2.70.